The highest BCUT2D eigenvalue weighted by Gasteiger charge is 2.38. The number of hydrogen-bond acceptors (Lipinski definition) is 4. The molecular weight excluding hydrogens is 399 g/mol. The van der Waals surface area contributed by atoms with E-state index in [-0.39, 0.29) is 34.1 Å². The molecule has 0 spiro atoms. The van der Waals surface area contributed by atoms with Crippen LogP contribution < -0.4 is 0 Å². The van der Waals surface area contributed by atoms with Crippen LogP contribution in [0, 0.1) is 0 Å². The quantitative estimate of drug-likeness (QED) is 0.448. The normalized spacial score (nSPS) is 12.8. The molecule has 1 aliphatic rings. The number of rotatable bonds is 2. The number of H-pyrrole nitrogens is 2. The van der Waals surface area contributed by atoms with E-state index < -0.39 is 0 Å². The molecule has 4 aromatic rings. The van der Waals surface area contributed by atoms with Gasteiger partial charge in [-0.05, 0) is 24.3 Å². The molecule has 0 aliphatic heterocycles. The maximum Gasteiger partial charge on any atom is 0.216 e. The summed E-state index contributed by atoms with van der Waals surface area (Å²) in [5.74, 6) is -0.674. The fourth-order valence-electron chi connectivity index (χ4n) is 3.34. The van der Waals surface area contributed by atoms with Crippen LogP contribution in [0.5, 0.6) is 0 Å². The molecule has 8 heteroatoms. The van der Waals surface area contributed by atoms with Crippen LogP contribution in [0.1, 0.15) is 32.1 Å². The van der Waals surface area contributed by atoms with Crippen LogP contribution in [-0.4, -0.2) is 32.0 Å². The zero-order chi connectivity index (χ0) is 19.4. The third-order valence-electron chi connectivity index (χ3n) is 4.68. The first-order valence-corrected chi connectivity index (χ1v) is 9.08. The van der Waals surface area contributed by atoms with E-state index in [0.29, 0.717) is 32.6 Å². The Morgan fingerprint density at radius 2 is 0.964 bits per heavy atom. The van der Waals surface area contributed by atoms with E-state index in [1.54, 1.807) is 48.5 Å². The van der Waals surface area contributed by atoms with Gasteiger partial charge in [-0.1, -0.05) is 47.5 Å². The molecule has 2 heterocycles. The Kier molecular flexibility index (Phi) is 3.72. The van der Waals surface area contributed by atoms with E-state index >= 15 is 0 Å². The average Bonchev–Trinajstić information content (AvgIpc) is 3.33. The summed E-state index contributed by atoms with van der Waals surface area (Å²) in [6, 6.07) is 13.8. The second kappa shape index (κ2) is 6.15. The number of halogens is 2. The van der Waals surface area contributed by atoms with Gasteiger partial charge >= 0.3 is 0 Å². The van der Waals surface area contributed by atoms with Gasteiger partial charge in [0.1, 0.15) is 22.8 Å². The van der Waals surface area contributed by atoms with Crippen LogP contribution in [0.15, 0.2) is 48.5 Å². The standard InChI is InChI=1S/C20H10Cl2N4O2/c21-11-5-1-9(2-6-11)15-13-17(25-23-15)20(28)14-16(24-26-18(14)19(13)27)10-3-7-12(22)8-4-10/h1-8H,(H,23,25)(H,24,26). The van der Waals surface area contributed by atoms with E-state index in [1.165, 1.54) is 0 Å². The molecule has 28 heavy (non-hydrogen) atoms. The SMILES string of the molecule is O=C1c2[nH]nc(-c3ccc(Cl)cc3)c2C(=O)c2[nH]nc(-c3ccc(Cl)cc3)c21. The van der Waals surface area contributed by atoms with Crippen molar-refractivity contribution in [2.24, 2.45) is 0 Å². The Labute approximate surface area is 168 Å². The fraction of sp³-hybridized carbons (Fsp3) is 0. The predicted octanol–water partition coefficient (Wildman–Crippen LogP) is 4.55. The van der Waals surface area contributed by atoms with E-state index in [9.17, 15) is 9.59 Å². The van der Waals surface area contributed by atoms with Gasteiger partial charge in [0.25, 0.3) is 0 Å². The van der Waals surface area contributed by atoms with Crippen molar-refractivity contribution in [1.29, 1.82) is 0 Å². The molecule has 0 fully saturated rings. The molecule has 2 N–H and O–H groups in total. The molecule has 0 saturated heterocycles. The van der Waals surface area contributed by atoms with Gasteiger partial charge in [-0.3, -0.25) is 19.8 Å². The van der Waals surface area contributed by atoms with E-state index in [4.69, 9.17) is 23.2 Å². The first kappa shape index (κ1) is 16.9. The van der Waals surface area contributed by atoms with Crippen molar-refractivity contribution in [1.82, 2.24) is 20.4 Å². The maximum atomic E-state index is 13.1. The molecule has 0 radical (unpaired) electrons. The Balaban J connectivity index is 1.66. The minimum atomic E-state index is -0.337. The number of fused-ring (bicyclic) bond motifs is 2. The number of benzene rings is 2. The smallest absolute Gasteiger partial charge is 0.216 e. The van der Waals surface area contributed by atoms with Crippen molar-refractivity contribution in [3.8, 4) is 22.5 Å². The van der Waals surface area contributed by atoms with Crippen LogP contribution in [0.4, 0.5) is 0 Å². The lowest BCUT2D eigenvalue weighted by Crippen LogP contribution is -2.20. The number of hydrogen-bond donors (Lipinski definition) is 2. The molecule has 0 amide bonds. The topological polar surface area (TPSA) is 91.5 Å². The Hall–Kier alpha value is -3.22. The predicted molar refractivity (Wildman–Crippen MR) is 105 cm³/mol. The zero-order valence-corrected chi connectivity index (χ0v) is 15.6. The maximum absolute atomic E-state index is 13.1. The summed E-state index contributed by atoms with van der Waals surface area (Å²) in [6.45, 7) is 0. The van der Waals surface area contributed by atoms with Gasteiger partial charge in [0.15, 0.2) is 0 Å². The number of carbonyl (C=O) groups excluding carboxylic acids is 2. The van der Waals surface area contributed by atoms with Crippen molar-refractivity contribution < 1.29 is 9.59 Å². The Morgan fingerprint density at radius 3 is 1.32 bits per heavy atom. The molecule has 0 atom stereocenters. The zero-order valence-electron chi connectivity index (χ0n) is 14.1. The van der Waals surface area contributed by atoms with Crippen molar-refractivity contribution in [2.45, 2.75) is 0 Å². The minimum absolute atomic E-state index is 0.152. The second-order valence-electron chi connectivity index (χ2n) is 6.32. The lowest BCUT2D eigenvalue weighted by Gasteiger charge is -2.11. The van der Waals surface area contributed by atoms with Crippen molar-refractivity contribution in [3.63, 3.8) is 0 Å². The van der Waals surface area contributed by atoms with Crippen molar-refractivity contribution >= 4 is 34.8 Å². The van der Waals surface area contributed by atoms with Gasteiger partial charge in [0.05, 0.1) is 11.1 Å². The first-order chi connectivity index (χ1) is 13.5. The molecule has 1 aliphatic carbocycles. The van der Waals surface area contributed by atoms with Crippen LogP contribution in [0.2, 0.25) is 10.0 Å². The summed E-state index contributed by atoms with van der Waals surface area (Å²) in [5, 5.41) is 15.0. The monoisotopic (exact) mass is 408 g/mol. The number of nitrogens with zero attached hydrogens (tertiary/aromatic N) is 2. The Morgan fingerprint density at radius 1 is 0.607 bits per heavy atom. The summed E-state index contributed by atoms with van der Waals surface area (Å²) in [4.78, 5) is 26.3. The molecular formula is C20H10Cl2N4O2. The third-order valence-corrected chi connectivity index (χ3v) is 5.18. The number of nitrogens with one attached hydrogen (secondary N) is 2. The third kappa shape index (κ3) is 2.42. The van der Waals surface area contributed by atoms with E-state index in [0.717, 1.165) is 0 Å². The van der Waals surface area contributed by atoms with Crippen LogP contribution in [0.25, 0.3) is 22.5 Å². The molecule has 0 unspecified atom stereocenters. The lowest BCUT2D eigenvalue weighted by molar-refractivity contribution is 0.0975. The molecule has 136 valence electrons. The number of aromatic nitrogens is 4. The van der Waals surface area contributed by atoms with E-state index in [2.05, 4.69) is 20.4 Å². The highest BCUT2D eigenvalue weighted by Crippen LogP contribution is 2.36. The summed E-state index contributed by atoms with van der Waals surface area (Å²) in [5.41, 5.74) is 2.93. The number of carbonyl (C=O) groups is 2. The largest absolute Gasteiger partial charge is 0.287 e. The van der Waals surface area contributed by atoms with E-state index in [1.807, 2.05) is 0 Å². The molecule has 2 aromatic heterocycles. The number of ketones is 2. The van der Waals surface area contributed by atoms with Crippen molar-refractivity contribution in [3.05, 3.63) is 81.1 Å². The fourth-order valence-corrected chi connectivity index (χ4v) is 3.59. The van der Waals surface area contributed by atoms with Gasteiger partial charge < -0.3 is 0 Å². The molecule has 6 nitrogen and oxygen atoms in total. The van der Waals surface area contributed by atoms with Crippen LogP contribution >= 0.6 is 23.2 Å². The minimum Gasteiger partial charge on any atom is -0.287 e. The first-order valence-electron chi connectivity index (χ1n) is 8.32. The van der Waals surface area contributed by atoms with Gasteiger partial charge in [0, 0.05) is 21.2 Å². The van der Waals surface area contributed by atoms with Crippen molar-refractivity contribution in [2.75, 3.05) is 0 Å². The average molecular weight is 409 g/mol. The number of aromatic amines is 2. The molecule has 0 saturated carbocycles. The molecule has 5 rings (SSSR count). The summed E-state index contributed by atoms with van der Waals surface area (Å²) in [6.07, 6.45) is 0. The Bertz CT molecular complexity index is 1150. The lowest BCUT2D eigenvalue weighted by atomic mass is 9.88. The summed E-state index contributed by atoms with van der Waals surface area (Å²) in [7, 11) is 0. The molecule has 2 aromatic carbocycles. The molecule has 0 bridgehead atoms. The van der Waals surface area contributed by atoms with Crippen LogP contribution in [-0.2, 0) is 0 Å². The second-order valence-corrected chi connectivity index (χ2v) is 7.19. The highest BCUT2D eigenvalue weighted by atomic mass is 35.5. The summed E-state index contributed by atoms with van der Waals surface area (Å²) >= 11 is 11.9. The van der Waals surface area contributed by atoms with Gasteiger partial charge in [-0.2, -0.15) is 10.2 Å². The van der Waals surface area contributed by atoms with Gasteiger partial charge in [-0.25, -0.2) is 0 Å². The highest BCUT2D eigenvalue weighted by molar-refractivity contribution is 6.32. The van der Waals surface area contributed by atoms with Crippen LogP contribution in [0.3, 0.4) is 0 Å². The summed E-state index contributed by atoms with van der Waals surface area (Å²) < 4.78 is 0. The van der Waals surface area contributed by atoms with Gasteiger partial charge in [0.2, 0.25) is 11.6 Å². The van der Waals surface area contributed by atoms with Gasteiger partial charge in [-0.15, -0.1) is 0 Å².